The molecule has 0 saturated heterocycles. The van der Waals surface area contributed by atoms with Gasteiger partial charge in [-0.25, -0.2) is 0 Å². The van der Waals surface area contributed by atoms with E-state index in [9.17, 15) is 4.79 Å². The van der Waals surface area contributed by atoms with Crippen molar-refractivity contribution in [1.29, 1.82) is 0 Å². The van der Waals surface area contributed by atoms with Crippen LogP contribution in [0.3, 0.4) is 0 Å². The van der Waals surface area contributed by atoms with Crippen LogP contribution in [0.5, 0.6) is 23.0 Å². The topological polar surface area (TPSA) is 66.0 Å². The highest BCUT2D eigenvalue weighted by molar-refractivity contribution is 6.07. The average Bonchev–Trinajstić information content (AvgIpc) is 2.61. The predicted molar refractivity (Wildman–Crippen MR) is 91.8 cm³/mol. The molecule has 0 aliphatic heterocycles. The lowest BCUT2D eigenvalue weighted by atomic mass is 10.1. The number of carbonyl (C=O) groups is 1. The summed E-state index contributed by atoms with van der Waals surface area (Å²) in [6.45, 7) is 1.88. The van der Waals surface area contributed by atoms with Crippen LogP contribution in [0, 0.1) is 6.92 Å². The van der Waals surface area contributed by atoms with Gasteiger partial charge in [0.15, 0.2) is 23.0 Å². The van der Waals surface area contributed by atoms with Gasteiger partial charge in [-0.3, -0.25) is 4.79 Å². The number of methoxy groups -OCH3 is 4. The Labute approximate surface area is 141 Å². The molecule has 24 heavy (non-hydrogen) atoms. The fraction of sp³-hybridized carbons (Fsp3) is 0.278. The van der Waals surface area contributed by atoms with Crippen molar-refractivity contribution >= 4 is 11.6 Å². The van der Waals surface area contributed by atoms with Crippen molar-refractivity contribution in [3.8, 4) is 23.0 Å². The Kier molecular flexibility index (Phi) is 5.52. The van der Waals surface area contributed by atoms with Gasteiger partial charge in [-0.1, -0.05) is 6.07 Å². The molecule has 0 atom stereocenters. The van der Waals surface area contributed by atoms with E-state index in [1.54, 1.807) is 44.6 Å². The molecule has 0 unspecified atom stereocenters. The third-order valence-corrected chi connectivity index (χ3v) is 3.63. The van der Waals surface area contributed by atoms with Crippen molar-refractivity contribution in [2.75, 3.05) is 33.8 Å². The van der Waals surface area contributed by atoms with Gasteiger partial charge in [0.05, 0.1) is 34.0 Å². The molecule has 0 aliphatic carbocycles. The van der Waals surface area contributed by atoms with Crippen LogP contribution in [-0.4, -0.2) is 34.3 Å². The van der Waals surface area contributed by atoms with Crippen LogP contribution < -0.4 is 24.3 Å². The van der Waals surface area contributed by atoms with Crippen molar-refractivity contribution in [2.24, 2.45) is 0 Å². The summed E-state index contributed by atoms with van der Waals surface area (Å²) >= 11 is 0. The lowest BCUT2D eigenvalue weighted by Crippen LogP contribution is -2.14. The Balaban J connectivity index is 2.37. The first-order valence-corrected chi connectivity index (χ1v) is 7.30. The number of ether oxygens (including phenoxy) is 4. The monoisotopic (exact) mass is 331 g/mol. The largest absolute Gasteiger partial charge is 0.493 e. The van der Waals surface area contributed by atoms with Gasteiger partial charge in [0.25, 0.3) is 5.91 Å². The molecule has 1 N–H and O–H groups in total. The van der Waals surface area contributed by atoms with E-state index in [1.165, 1.54) is 14.2 Å². The molecule has 0 aliphatic rings. The van der Waals surface area contributed by atoms with E-state index in [1.807, 2.05) is 6.92 Å². The number of amides is 1. The van der Waals surface area contributed by atoms with Crippen LogP contribution in [-0.2, 0) is 0 Å². The highest BCUT2D eigenvalue weighted by Crippen LogP contribution is 2.34. The molecule has 0 radical (unpaired) electrons. The first-order chi connectivity index (χ1) is 11.5. The summed E-state index contributed by atoms with van der Waals surface area (Å²) in [6, 6.07) is 8.66. The number of hydrogen-bond donors (Lipinski definition) is 1. The lowest BCUT2D eigenvalue weighted by molar-refractivity contribution is 0.102. The summed E-state index contributed by atoms with van der Waals surface area (Å²) in [6.07, 6.45) is 0. The van der Waals surface area contributed by atoms with E-state index >= 15 is 0 Å². The first kappa shape index (κ1) is 17.5. The van der Waals surface area contributed by atoms with Gasteiger partial charge in [-0.15, -0.1) is 0 Å². The lowest BCUT2D eigenvalue weighted by Gasteiger charge is -2.15. The fourth-order valence-electron chi connectivity index (χ4n) is 2.37. The normalized spacial score (nSPS) is 10.0. The second-order valence-corrected chi connectivity index (χ2v) is 5.02. The Morgan fingerprint density at radius 3 is 2.08 bits per heavy atom. The first-order valence-electron chi connectivity index (χ1n) is 7.30. The van der Waals surface area contributed by atoms with Crippen LogP contribution in [0.2, 0.25) is 0 Å². The maximum atomic E-state index is 12.6. The smallest absolute Gasteiger partial charge is 0.259 e. The second-order valence-electron chi connectivity index (χ2n) is 5.02. The summed E-state index contributed by atoms with van der Waals surface area (Å²) in [5.74, 6) is 1.72. The zero-order chi connectivity index (χ0) is 17.7. The third-order valence-electron chi connectivity index (χ3n) is 3.63. The Morgan fingerprint density at radius 2 is 1.50 bits per heavy atom. The van der Waals surface area contributed by atoms with Crippen LogP contribution in [0.1, 0.15) is 15.9 Å². The van der Waals surface area contributed by atoms with Gasteiger partial charge in [-0.2, -0.15) is 0 Å². The molecule has 128 valence electrons. The van der Waals surface area contributed by atoms with Gasteiger partial charge >= 0.3 is 0 Å². The van der Waals surface area contributed by atoms with E-state index in [4.69, 9.17) is 18.9 Å². The molecule has 0 heterocycles. The van der Waals surface area contributed by atoms with E-state index in [0.29, 0.717) is 34.2 Å². The van der Waals surface area contributed by atoms with Crippen LogP contribution in [0.25, 0.3) is 0 Å². The van der Waals surface area contributed by atoms with Crippen LogP contribution in [0.4, 0.5) is 5.69 Å². The molecule has 6 heteroatoms. The fourth-order valence-corrected chi connectivity index (χ4v) is 2.37. The van der Waals surface area contributed by atoms with E-state index in [2.05, 4.69) is 5.32 Å². The van der Waals surface area contributed by atoms with Crippen LogP contribution >= 0.6 is 0 Å². The number of anilines is 1. The highest BCUT2D eigenvalue weighted by Gasteiger charge is 2.18. The number of aryl methyl sites for hydroxylation is 1. The number of nitrogens with one attached hydrogen (secondary N) is 1. The van der Waals surface area contributed by atoms with Gasteiger partial charge in [0.1, 0.15) is 0 Å². The quantitative estimate of drug-likeness (QED) is 0.880. The zero-order valence-electron chi connectivity index (χ0n) is 14.4. The van der Waals surface area contributed by atoms with Crippen LogP contribution in [0.15, 0.2) is 30.3 Å². The Bertz CT molecular complexity index is 742. The number of hydrogen-bond acceptors (Lipinski definition) is 5. The van der Waals surface area contributed by atoms with Crippen molar-refractivity contribution in [1.82, 2.24) is 0 Å². The minimum Gasteiger partial charge on any atom is -0.493 e. The molecule has 2 aromatic rings. The van der Waals surface area contributed by atoms with Gasteiger partial charge < -0.3 is 24.3 Å². The number of rotatable bonds is 6. The molecule has 6 nitrogen and oxygen atoms in total. The maximum Gasteiger partial charge on any atom is 0.259 e. The molecule has 0 aromatic heterocycles. The summed E-state index contributed by atoms with van der Waals surface area (Å²) in [5.41, 5.74) is 1.86. The molecule has 0 fully saturated rings. The summed E-state index contributed by atoms with van der Waals surface area (Å²) in [4.78, 5) is 12.6. The third kappa shape index (κ3) is 3.37. The molecule has 0 saturated carbocycles. The molecule has 0 bridgehead atoms. The minimum absolute atomic E-state index is 0.305. The van der Waals surface area contributed by atoms with Crippen molar-refractivity contribution < 1.29 is 23.7 Å². The van der Waals surface area contributed by atoms with E-state index in [0.717, 1.165) is 5.56 Å². The average molecular weight is 331 g/mol. The van der Waals surface area contributed by atoms with Gasteiger partial charge in [0.2, 0.25) is 0 Å². The van der Waals surface area contributed by atoms with Crippen molar-refractivity contribution in [2.45, 2.75) is 6.92 Å². The molecular formula is C18H21NO5. The maximum absolute atomic E-state index is 12.6. The predicted octanol–water partition coefficient (Wildman–Crippen LogP) is 3.28. The van der Waals surface area contributed by atoms with E-state index in [-0.39, 0.29) is 5.91 Å². The zero-order valence-corrected chi connectivity index (χ0v) is 14.4. The number of benzene rings is 2. The summed E-state index contributed by atoms with van der Waals surface area (Å²) < 4.78 is 21.1. The highest BCUT2D eigenvalue weighted by atomic mass is 16.5. The molecule has 1 amide bonds. The van der Waals surface area contributed by atoms with Crippen molar-refractivity contribution in [3.05, 3.63) is 41.5 Å². The minimum atomic E-state index is -0.305. The molecule has 2 aromatic carbocycles. The van der Waals surface area contributed by atoms with E-state index < -0.39 is 0 Å². The Hall–Kier alpha value is -2.89. The number of para-hydroxylation sites is 1. The number of carbonyl (C=O) groups excluding carboxylic acids is 1. The molecular weight excluding hydrogens is 310 g/mol. The molecule has 0 spiro atoms. The second kappa shape index (κ2) is 7.59. The standard InChI is InChI=1S/C18H21NO5/c1-11-9-15(22-3)16(23-4)10-13(11)19-18(20)12-7-6-8-14(21-2)17(12)24-5/h6-10H,1-5H3,(H,19,20). The Morgan fingerprint density at radius 1 is 0.875 bits per heavy atom. The SMILES string of the molecule is COc1cc(C)c(NC(=O)c2cccc(OC)c2OC)cc1OC. The van der Waals surface area contributed by atoms with Gasteiger partial charge in [0, 0.05) is 11.8 Å². The summed E-state index contributed by atoms with van der Waals surface area (Å²) in [7, 11) is 6.13. The summed E-state index contributed by atoms with van der Waals surface area (Å²) in [5, 5.41) is 2.87. The molecule has 2 rings (SSSR count). The van der Waals surface area contributed by atoms with Gasteiger partial charge in [-0.05, 0) is 30.7 Å². The van der Waals surface area contributed by atoms with Crippen molar-refractivity contribution in [3.63, 3.8) is 0 Å².